The summed E-state index contributed by atoms with van der Waals surface area (Å²) in [6, 6.07) is 23.0. The van der Waals surface area contributed by atoms with Gasteiger partial charge in [-0.15, -0.1) is 0 Å². The Morgan fingerprint density at radius 1 is 0.800 bits per heavy atom. The maximum absolute atomic E-state index is 12.1. The molecule has 0 amide bonds. The predicted molar refractivity (Wildman–Crippen MR) is 94.0 cm³/mol. The van der Waals surface area contributed by atoms with Gasteiger partial charge in [-0.3, -0.25) is 4.79 Å². The van der Waals surface area contributed by atoms with Crippen LogP contribution in [-0.2, 0) is 6.61 Å². The van der Waals surface area contributed by atoms with Gasteiger partial charge in [0.1, 0.15) is 24.4 Å². The van der Waals surface area contributed by atoms with Crippen LogP contribution >= 0.6 is 0 Å². The van der Waals surface area contributed by atoms with E-state index < -0.39 is 5.97 Å². The van der Waals surface area contributed by atoms with E-state index in [1.165, 1.54) is 0 Å². The van der Waals surface area contributed by atoms with Gasteiger partial charge in [-0.25, -0.2) is 4.79 Å². The second-order valence-electron chi connectivity index (χ2n) is 5.38. The smallest absolute Gasteiger partial charge is 0.343 e. The molecule has 3 aromatic carbocycles. The Morgan fingerprint density at radius 2 is 1.44 bits per heavy atom. The standard InChI is InChI=1S/C21H16O4/c22-14-16-6-10-20(11-7-16)25-21(23)18-8-12-19(13-9-18)24-15-17-4-2-1-3-5-17/h1-14H,15H2. The minimum absolute atomic E-state index is 0.389. The van der Waals surface area contributed by atoms with Crippen LogP contribution in [0.1, 0.15) is 26.3 Å². The molecule has 0 aliphatic heterocycles. The molecule has 4 heteroatoms. The van der Waals surface area contributed by atoms with Crippen molar-refractivity contribution in [3.63, 3.8) is 0 Å². The molecule has 25 heavy (non-hydrogen) atoms. The first-order chi connectivity index (χ1) is 12.2. The zero-order valence-corrected chi connectivity index (χ0v) is 13.4. The lowest BCUT2D eigenvalue weighted by Crippen LogP contribution is -2.08. The van der Waals surface area contributed by atoms with Crippen molar-refractivity contribution < 1.29 is 19.1 Å². The van der Waals surface area contributed by atoms with E-state index in [-0.39, 0.29) is 0 Å². The van der Waals surface area contributed by atoms with Gasteiger partial charge >= 0.3 is 5.97 Å². The van der Waals surface area contributed by atoms with E-state index >= 15 is 0 Å². The third-order valence-electron chi connectivity index (χ3n) is 3.57. The maximum Gasteiger partial charge on any atom is 0.343 e. The summed E-state index contributed by atoms with van der Waals surface area (Å²) in [6.07, 6.45) is 0.736. The van der Waals surface area contributed by atoms with Crippen molar-refractivity contribution >= 4 is 12.3 Å². The fourth-order valence-corrected chi connectivity index (χ4v) is 2.21. The predicted octanol–water partition coefficient (Wildman–Crippen LogP) is 4.30. The van der Waals surface area contributed by atoms with Crippen LogP contribution in [-0.4, -0.2) is 12.3 Å². The Balaban J connectivity index is 1.59. The second-order valence-corrected chi connectivity index (χ2v) is 5.38. The molecule has 4 nitrogen and oxygen atoms in total. The number of carbonyl (C=O) groups is 2. The van der Waals surface area contributed by atoms with Gasteiger partial charge < -0.3 is 9.47 Å². The summed E-state index contributed by atoms with van der Waals surface area (Å²) in [5, 5.41) is 0. The first kappa shape index (κ1) is 16.5. The lowest BCUT2D eigenvalue weighted by Gasteiger charge is -2.08. The Bertz CT molecular complexity index is 837. The van der Waals surface area contributed by atoms with Crippen molar-refractivity contribution in [1.29, 1.82) is 0 Å². The Labute approximate surface area is 145 Å². The van der Waals surface area contributed by atoms with Crippen LogP contribution in [0, 0.1) is 0 Å². The first-order valence-electron chi connectivity index (χ1n) is 7.79. The van der Waals surface area contributed by atoms with Crippen molar-refractivity contribution in [2.24, 2.45) is 0 Å². The molecule has 0 N–H and O–H groups in total. The highest BCUT2D eigenvalue weighted by molar-refractivity contribution is 5.91. The van der Waals surface area contributed by atoms with Gasteiger partial charge in [0.2, 0.25) is 0 Å². The number of ether oxygens (including phenoxy) is 2. The second kappa shape index (κ2) is 7.93. The molecule has 0 saturated heterocycles. The summed E-state index contributed by atoms with van der Waals surface area (Å²) >= 11 is 0. The zero-order valence-electron chi connectivity index (χ0n) is 13.4. The number of benzene rings is 3. The summed E-state index contributed by atoms with van der Waals surface area (Å²) in [4.78, 5) is 22.7. The van der Waals surface area contributed by atoms with Crippen molar-refractivity contribution in [2.75, 3.05) is 0 Å². The molecule has 0 fully saturated rings. The number of hydrogen-bond acceptors (Lipinski definition) is 4. The molecule has 3 aromatic rings. The number of hydrogen-bond donors (Lipinski definition) is 0. The van der Waals surface area contributed by atoms with E-state index in [0.717, 1.165) is 11.8 Å². The molecule has 0 aromatic heterocycles. The average Bonchev–Trinajstić information content (AvgIpc) is 2.68. The van der Waals surface area contributed by atoms with Gasteiger partial charge in [-0.1, -0.05) is 30.3 Å². The third kappa shape index (κ3) is 4.54. The molecule has 0 heterocycles. The summed E-state index contributed by atoms with van der Waals surface area (Å²) in [5.41, 5.74) is 2.02. The van der Waals surface area contributed by atoms with Crippen LogP contribution in [0.25, 0.3) is 0 Å². The summed E-state index contributed by atoms with van der Waals surface area (Å²) in [7, 11) is 0. The first-order valence-corrected chi connectivity index (χ1v) is 7.79. The number of esters is 1. The summed E-state index contributed by atoms with van der Waals surface area (Å²) in [6.45, 7) is 0.466. The van der Waals surface area contributed by atoms with Crippen LogP contribution in [0.2, 0.25) is 0 Å². The van der Waals surface area contributed by atoms with Gasteiger partial charge in [0, 0.05) is 5.56 Å². The third-order valence-corrected chi connectivity index (χ3v) is 3.57. The SMILES string of the molecule is O=Cc1ccc(OC(=O)c2ccc(OCc3ccccc3)cc2)cc1. The normalized spacial score (nSPS) is 10.1. The van der Waals surface area contributed by atoms with E-state index in [2.05, 4.69) is 0 Å². The van der Waals surface area contributed by atoms with Crippen LogP contribution in [0.15, 0.2) is 78.9 Å². The highest BCUT2D eigenvalue weighted by Gasteiger charge is 2.09. The summed E-state index contributed by atoms with van der Waals surface area (Å²) in [5.74, 6) is 0.601. The molecule has 0 radical (unpaired) electrons. The molecule has 0 aliphatic carbocycles. The monoisotopic (exact) mass is 332 g/mol. The topological polar surface area (TPSA) is 52.6 Å². The molecule has 0 saturated carbocycles. The van der Waals surface area contributed by atoms with Crippen LogP contribution in [0.3, 0.4) is 0 Å². The van der Waals surface area contributed by atoms with E-state index in [4.69, 9.17) is 9.47 Å². The van der Waals surface area contributed by atoms with Gasteiger partial charge in [0.25, 0.3) is 0 Å². The van der Waals surface area contributed by atoms with Crippen molar-refractivity contribution in [2.45, 2.75) is 6.61 Å². The lowest BCUT2D eigenvalue weighted by atomic mass is 10.2. The Kier molecular flexibility index (Phi) is 5.22. The highest BCUT2D eigenvalue weighted by Crippen LogP contribution is 2.17. The quantitative estimate of drug-likeness (QED) is 0.384. The molecule has 3 rings (SSSR count). The maximum atomic E-state index is 12.1. The molecule has 0 spiro atoms. The van der Waals surface area contributed by atoms with Crippen molar-refractivity contribution in [3.05, 3.63) is 95.6 Å². The largest absolute Gasteiger partial charge is 0.489 e. The minimum atomic E-state index is -0.464. The van der Waals surface area contributed by atoms with E-state index in [1.54, 1.807) is 48.5 Å². The van der Waals surface area contributed by atoms with Crippen LogP contribution < -0.4 is 9.47 Å². The minimum Gasteiger partial charge on any atom is -0.489 e. The zero-order chi connectivity index (χ0) is 17.5. The number of aldehydes is 1. The molecule has 0 aliphatic rings. The fourth-order valence-electron chi connectivity index (χ4n) is 2.21. The number of rotatable bonds is 6. The van der Waals surface area contributed by atoms with Crippen LogP contribution in [0.5, 0.6) is 11.5 Å². The molecule has 0 unspecified atom stereocenters. The van der Waals surface area contributed by atoms with E-state index in [9.17, 15) is 9.59 Å². The molecular weight excluding hydrogens is 316 g/mol. The van der Waals surface area contributed by atoms with Crippen LogP contribution in [0.4, 0.5) is 0 Å². The average molecular weight is 332 g/mol. The van der Waals surface area contributed by atoms with Gasteiger partial charge in [-0.05, 0) is 54.1 Å². The Hall–Kier alpha value is -3.40. The molecule has 124 valence electrons. The highest BCUT2D eigenvalue weighted by atomic mass is 16.5. The fraction of sp³-hybridized carbons (Fsp3) is 0.0476. The van der Waals surface area contributed by atoms with Gasteiger partial charge in [0.15, 0.2) is 0 Å². The van der Waals surface area contributed by atoms with E-state index in [1.807, 2.05) is 30.3 Å². The summed E-state index contributed by atoms with van der Waals surface area (Å²) < 4.78 is 11.0. The van der Waals surface area contributed by atoms with Gasteiger partial charge in [0.05, 0.1) is 5.56 Å². The van der Waals surface area contributed by atoms with Crippen molar-refractivity contribution in [3.8, 4) is 11.5 Å². The molecular formula is C21H16O4. The lowest BCUT2D eigenvalue weighted by molar-refractivity contribution is 0.0734. The van der Waals surface area contributed by atoms with Crippen molar-refractivity contribution in [1.82, 2.24) is 0 Å². The van der Waals surface area contributed by atoms with E-state index in [0.29, 0.717) is 29.2 Å². The van der Waals surface area contributed by atoms with Gasteiger partial charge in [-0.2, -0.15) is 0 Å². The number of carbonyl (C=O) groups excluding carboxylic acids is 2. The molecule has 0 atom stereocenters. The Morgan fingerprint density at radius 3 is 2.08 bits per heavy atom. The molecule has 0 bridgehead atoms.